The van der Waals surface area contributed by atoms with Crippen LogP contribution in [0.4, 0.5) is 10.1 Å². The predicted octanol–water partition coefficient (Wildman–Crippen LogP) is 2.58. The Morgan fingerprint density at radius 1 is 1.40 bits per heavy atom. The van der Waals surface area contributed by atoms with Crippen molar-refractivity contribution in [3.63, 3.8) is 0 Å². The summed E-state index contributed by atoms with van der Waals surface area (Å²) in [5.41, 5.74) is 1.99. The van der Waals surface area contributed by atoms with Crippen LogP contribution >= 0.6 is 0 Å². The minimum atomic E-state index is -0.187. The fraction of sp³-hybridized carbons (Fsp3) is 0.500. The smallest absolute Gasteiger partial charge is 0.125 e. The molecule has 0 amide bonds. The van der Waals surface area contributed by atoms with Crippen molar-refractivity contribution < 1.29 is 9.13 Å². The Bertz CT molecular complexity index is 340. The summed E-state index contributed by atoms with van der Waals surface area (Å²) in [6, 6.07) is 5.00. The quantitative estimate of drug-likeness (QED) is 0.826. The number of aryl methyl sites for hydroxylation is 1. The normalized spacial score (nSPS) is 18.3. The molecular weight excluding hydrogens is 193 g/mol. The van der Waals surface area contributed by atoms with E-state index >= 15 is 0 Å². The molecule has 0 saturated carbocycles. The van der Waals surface area contributed by atoms with Crippen molar-refractivity contribution in [3.8, 4) is 0 Å². The van der Waals surface area contributed by atoms with Gasteiger partial charge in [-0.25, -0.2) is 4.39 Å². The number of anilines is 1. The van der Waals surface area contributed by atoms with Gasteiger partial charge in [0, 0.05) is 17.6 Å². The van der Waals surface area contributed by atoms with E-state index in [-0.39, 0.29) is 11.2 Å². The molecule has 2 nitrogen and oxygen atoms in total. The van der Waals surface area contributed by atoms with Crippen LogP contribution in [0.15, 0.2) is 18.2 Å². The van der Waals surface area contributed by atoms with Gasteiger partial charge in [0.15, 0.2) is 0 Å². The summed E-state index contributed by atoms with van der Waals surface area (Å²) in [6.07, 6.45) is 0. The Morgan fingerprint density at radius 3 is 2.67 bits per heavy atom. The molecule has 1 aromatic carbocycles. The topological polar surface area (TPSA) is 21.3 Å². The highest BCUT2D eigenvalue weighted by Crippen LogP contribution is 2.27. The van der Waals surface area contributed by atoms with Gasteiger partial charge in [-0.3, -0.25) is 0 Å². The van der Waals surface area contributed by atoms with Crippen molar-refractivity contribution in [2.75, 3.05) is 25.1 Å². The number of hydrogen-bond acceptors (Lipinski definition) is 2. The van der Waals surface area contributed by atoms with E-state index in [0.29, 0.717) is 0 Å². The summed E-state index contributed by atoms with van der Waals surface area (Å²) in [7, 11) is 0. The van der Waals surface area contributed by atoms with E-state index in [4.69, 9.17) is 4.74 Å². The van der Waals surface area contributed by atoms with Gasteiger partial charge in [0.1, 0.15) is 5.82 Å². The van der Waals surface area contributed by atoms with Crippen LogP contribution < -0.4 is 5.32 Å². The van der Waals surface area contributed by atoms with Crippen molar-refractivity contribution in [1.82, 2.24) is 0 Å². The number of benzene rings is 1. The summed E-state index contributed by atoms with van der Waals surface area (Å²) in [6.45, 7) is 6.45. The fourth-order valence-electron chi connectivity index (χ4n) is 1.71. The fourth-order valence-corrected chi connectivity index (χ4v) is 1.71. The molecule has 1 aliphatic rings. The summed E-state index contributed by atoms with van der Waals surface area (Å²) >= 11 is 0. The molecule has 1 aromatic rings. The molecule has 82 valence electrons. The SMILES string of the molecule is Cc1cc(F)cc(NCC2(C)COC2)c1. The van der Waals surface area contributed by atoms with Gasteiger partial charge in [0.25, 0.3) is 0 Å². The zero-order valence-electron chi connectivity index (χ0n) is 9.14. The van der Waals surface area contributed by atoms with Crippen LogP contribution in [0, 0.1) is 18.2 Å². The molecule has 0 bridgehead atoms. The van der Waals surface area contributed by atoms with Crippen molar-refractivity contribution in [2.24, 2.45) is 5.41 Å². The summed E-state index contributed by atoms with van der Waals surface area (Å²) < 4.78 is 18.2. The zero-order chi connectivity index (χ0) is 10.9. The number of rotatable bonds is 3. The van der Waals surface area contributed by atoms with E-state index < -0.39 is 0 Å². The van der Waals surface area contributed by atoms with E-state index in [2.05, 4.69) is 12.2 Å². The highest BCUT2D eigenvalue weighted by Gasteiger charge is 2.32. The van der Waals surface area contributed by atoms with Gasteiger partial charge in [0.05, 0.1) is 13.2 Å². The minimum Gasteiger partial charge on any atom is -0.384 e. The van der Waals surface area contributed by atoms with Crippen LogP contribution in [-0.4, -0.2) is 19.8 Å². The van der Waals surface area contributed by atoms with Crippen molar-refractivity contribution in [1.29, 1.82) is 0 Å². The standard InChI is InChI=1S/C12H16FNO/c1-9-3-10(13)5-11(4-9)14-6-12(2)7-15-8-12/h3-5,14H,6-8H2,1-2H3. The highest BCUT2D eigenvalue weighted by atomic mass is 19.1. The lowest BCUT2D eigenvalue weighted by Gasteiger charge is -2.38. The Balaban J connectivity index is 1.98. The highest BCUT2D eigenvalue weighted by molar-refractivity contribution is 5.46. The molecule has 15 heavy (non-hydrogen) atoms. The molecule has 1 fully saturated rings. The Kier molecular flexibility index (Phi) is 2.65. The first-order valence-electron chi connectivity index (χ1n) is 5.16. The van der Waals surface area contributed by atoms with Crippen LogP contribution in [-0.2, 0) is 4.74 Å². The van der Waals surface area contributed by atoms with Crippen molar-refractivity contribution in [2.45, 2.75) is 13.8 Å². The molecule has 2 rings (SSSR count). The van der Waals surface area contributed by atoms with Gasteiger partial charge in [-0.1, -0.05) is 6.92 Å². The molecule has 0 atom stereocenters. The first-order chi connectivity index (χ1) is 7.07. The van der Waals surface area contributed by atoms with Crippen LogP contribution in [0.5, 0.6) is 0 Å². The maximum Gasteiger partial charge on any atom is 0.125 e. The van der Waals surface area contributed by atoms with Gasteiger partial charge in [-0.15, -0.1) is 0 Å². The molecular formula is C12H16FNO. The van der Waals surface area contributed by atoms with Gasteiger partial charge in [0.2, 0.25) is 0 Å². The molecule has 0 radical (unpaired) electrons. The van der Waals surface area contributed by atoms with E-state index in [0.717, 1.165) is 31.0 Å². The van der Waals surface area contributed by atoms with Gasteiger partial charge < -0.3 is 10.1 Å². The molecule has 0 spiro atoms. The number of ether oxygens (including phenoxy) is 1. The molecule has 0 unspecified atom stereocenters. The van der Waals surface area contributed by atoms with Crippen LogP contribution in [0.25, 0.3) is 0 Å². The van der Waals surface area contributed by atoms with E-state index in [1.165, 1.54) is 12.1 Å². The third-order valence-electron chi connectivity index (χ3n) is 2.66. The molecule has 1 N–H and O–H groups in total. The Hall–Kier alpha value is -1.09. The summed E-state index contributed by atoms with van der Waals surface area (Å²) in [4.78, 5) is 0. The van der Waals surface area contributed by atoms with Crippen LogP contribution in [0.3, 0.4) is 0 Å². The Morgan fingerprint density at radius 2 is 2.13 bits per heavy atom. The third kappa shape index (κ3) is 2.48. The van der Waals surface area contributed by atoms with Crippen molar-refractivity contribution >= 4 is 5.69 Å². The van der Waals surface area contributed by atoms with Crippen LogP contribution in [0.2, 0.25) is 0 Å². The van der Waals surface area contributed by atoms with E-state index in [1.807, 2.05) is 13.0 Å². The van der Waals surface area contributed by atoms with Gasteiger partial charge in [-0.05, 0) is 30.7 Å². The maximum absolute atomic E-state index is 13.1. The molecule has 0 aromatic heterocycles. The van der Waals surface area contributed by atoms with Gasteiger partial charge in [-0.2, -0.15) is 0 Å². The molecule has 1 aliphatic heterocycles. The number of nitrogens with one attached hydrogen (secondary N) is 1. The van der Waals surface area contributed by atoms with Gasteiger partial charge >= 0.3 is 0 Å². The maximum atomic E-state index is 13.1. The zero-order valence-corrected chi connectivity index (χ0v) is 9.14. The minimum absolute atomic E-state index is 0.187. The molecule has 3 heteroatoms. The second-order valence-corrected chi connectivity index (χ2v) is 4.67. The second kappa shape index (κ2) is 3.81. The first kappa shape index (κ1) is 10.4. The lowest BCUT2D eigenvalue weighted by molar-refractivity contribution is -0.0924. The lowest BCUT2D eigenvalue weighted by atomic mass is 9.88. The lowest BCUT2D eigenvalue weighted by Crippen LogP contribution is -2.45. The average Bonchev–Trinajstić information content (AvgIpc) is 2.10. The first-order valence-corrected chi connectivity index (χ1v) is 5.16. The average molecular weight is 209 g/mol. The van der Waals surface area contributed by atoms with E-state index in [1.54, 1.807) is 0 Å². The monoisotopic (exact) mass is 209 g/mol. The number of hydrogen-bond donors (Lipinski definition) is 1. The van der Waals surface area contributed by atoms with E-state index in [9.17, 15) is 4.39 Å². The summed E-state index contributed by atoms with van der Waals surface area (Å²) in [5.74, 6) is -0.187. The summed E-state index contributed by atoms with van der Waals surface area (Å²) in [5, 5.41) is 3.25. The molecule has 1 saturated heterocycles. The third-order valence-corrected chi connectivity index (χ3v) is 2.66. The second-order valence-electron chi connectivity index (χ2n) is 4.67. The van der Waals surface area contributed by atoms with Crippen molar-refractivity contribution in [3.05, 3.63) is 29.6 Å². The Labute approximate surface area is 89.4 Å². The molecule has 1 heterocycles. The van der Waals surface area contributed by atoms with Crippen LogP contribution in [0.1, 0.15) is 12.5 Å². The number of halogens is 1. The largest absolute Gasteiger partial charge is 0.384 e. The molecule has 0 aliphatic carbocycles. The predicted molar refractivity (Wildman–Crippen MR) is 58.6 cm³/mol.